The van der Waals surface area contributed by atoms with E-state index in [2.05, 4.69) is 5.43 Å². The lowest BCUT2D eigenvalue weighted by molar-refractivity contribution is -0.387. The fraction of sp³-hybridized carbons (Fsp3) is 0.400. The number of ether oxygens (including phenoxy) is 1. The van der Waals surface area contributed by atoms with Crippen LogP contribution in [0.5, 0.6) is 0 Å². The molecule has 2 rings (SSSR count). The van der Waals surface area contributed by atoms with Gasteiger partial charge in [0.05, 0.1) is 23.8 Å². The van der Waals surface area contributed by atoms with Crippen LogP contribution in [0.1, 0.15) is 0 Å². The highest BCUT2D eigenvalue weighted by molar-refractivity contribution is 7.89. The van der Waals surface area contributed by atoms with Crippen molar-refractivity contribution in [2.24, 2.45) is 5.84 Å². The molecule has 0 radical (unpaired) electrons. The number of hydrogen-bond donors (Lipinski definition) is 2. The van der Waals surface area contributed by atoms with Gasteiger partial charge in [0.2, 0.25) is 10.0 Å². The molecule has 1 fully saturated rings. The minimum absolute atomic E-state index is 0.166. The Morgan fingerprint density at radius 1 is 1.35 bits per heavy atom. The van der Waals surface area contributed by atoms with Crippen molar-refractivity contribution in [3.8, 4) is 0 Å². The van der Waals surface area contributed by atoms with Crippen LogP contribution in [-0.2, 0) is 14.8 Å². The molecule has 10 heteroatoms. The Morgan fingerprint density at radius 2 is 2.00 bits per heavy atom. The molecule has 1 aromatic carbocycles. The number of benzene rings is 1. The van der Waals surface area contributed by atoms with Gasteiger partial charge in [0.15, 0.2) is 4.90 Å². The highest BCUT2D eigenvalue weighted by Crippen LogP contribution is 2.29. The molecule has 1 aromatic rings. The fourth-order valence-corrected chi connectivity index (χ4v) is 3.48. The predicted octanol–water partition coefficient (Wildman–Crippen LogP) is -0.0987. The molecule has 0 bridgehead atoms. The Bertz CT molecular complexity index is 612. The Balaban J connectivity index is 2.50. The number of nitrogens with zero attached hydrogens (tertiary/aromatic N) is 2. The number of nitrogens with one attached hydrogen (secondary N) is 1. The number of rotatable bonds is 4. The third-order valence-corrected chi connectivity index (χ3v) is 4.84. The van der Waals surface area contributed by atoms with Crippen LogP contribution in [0.25, 0.3) is 0 Å². The average molecular weight is 302 g/mol. The molecule has 0 amide bonds. The zero-order valence-corrected chi connectivity index (χ0v) is 11.3. The standard InChI is InChI=1S/C10H14N4O5S/c11-12-8-1-2-9(14(15)16)10(7-8)20(17,18)13-3-5-19-6-4-13/h1-2,7,12H,3-6,11H2. The van der Waals surface area contributed by atoms with Crippen molar-refractivity contribution in [1.82, 2.24) is 4.31 Å². The second-order valence-corrected chi connectivity index (χ2v) is 6.01. The first-order valence-corrected chi connectivity index (χ1v) is 7.24. The van der Waals surface area contributed by atoms with Gasteiger partial charge >= 0.3 is 0 Å². The van der Waals surface area contributed by atoms with Crippen LogP contribution in [0.4, 0.5) is 11.4 Å². The summed E-state index contributed by atoms with van der Waals surface area (Å²) in [5, 5.41) is 11.0. The molecule has 0 atom stereocenters. The van der Waals surface area contributed by atoms with E-state index < -0.39 is 20.6 Å². The maximum Gasteiger partial charge on any atom is 0.289 e. The van der Waals surface area contributed by atoms with Gasteiger partial charge in [0.1, 0.15) is 0 Å². The molecule has 0 spiro atoms. The van der Waals surface area contributed by atoms with Gasteiger partial charge in [-0.05, 0) is 12.1 Å². The van der Waals surface area contributed by atoms with E-state index in [-0.39, 0.29) is 36.9 Å². The van der Waals surface area contributed by atoms with Crippen LogP contribution >= 0.6 is 0 Å². The highest BCUT2D eigenvalue weighted by Gasteiger charge is 2.32. The maximum absolute atomic E-state index is 12.5. The number of nitrogens with two attached hydrogens (primary N) is 1. The Morgan fingerprint density at radius 3 is 2.55 bits per heavy atom. The van der Waals surface area contributed by atoms with Crippen molar-refractivity contribution in [1.29, 1.82) is 0 Å². The van der Waals surface area contributed by atoms with Gasteiger partial charge in [0, 0.05) is 19.2 Å². The van der Waals surface area contributed by atoms with E-state index in [0.717, 1.165) is 12.1 Å². The lowest BCUT2D eigenvalue weighted by Gasteiger charge is -2.26. The fourth-order valence-electron chi connectivity index (χ4n) is 1.89. The molecular weight excluding hydrogens is 288 g/mol. The van der Waals surface area contributed by atoms with Gasteiger partial charge in [-0.1, -0.05) is 0 Å². The summed E-state index contributed by atoms with van der Waals surface area (Å²) in [7, 11) is -3.95. The second kappa shape index (κ2) is 5.71. The molecule has 0 aromatic heterocycles. The van der Waals surface area contributed by atoms with E-state index in [0.29, 0.717) is 0 Å². The first kappa shape index (κ1) is 14.7. The Kier molecular flexibility index (Phi) is 4.18. The summed E-state index contributed by atoms with van der Waals surface area (Å²) in [5.41, 5.74) is 2.08. The summed E-state index contributed by atoms with van der Waals surface area (Å²) in [4.78, 5) is 9.89. The number of morpholine rings is 1. The molecule has 3 N–H and O–H groups in total. The number of nitro groups is 1. The van der Waals surface area contributed by atoms with Crippen LogP contribution in [0.3, 0.4) is 0 Å². The van der Waals surface area contributed by atoms with Gasteiger partial charge in [0.25, 0.3) is 5.69 Å². The average Bonchev–Trinajstić information content (AvgIpc) is 2.47. The second-order valence-electron chi connectivity index (χ2n) is 4.10. The van der Waals surface area contributed by atoms with Crippen molar-refractivity contribution in [2.45, 2.75) is 4.90 Å². The van der Waals surface area contributed by atoms with E-state index in [1.54, 1.807) is 0 Å². The monoisotopic (exact) mass is 302 g/mol. The van der Waals surface area contributed by atoms with E-state index >= 15 is 0 Å². The van der Waals surface area contributed by atoms with Gasteiger partial charge in [-0.25, -0.2) is 8.42 Å². The van der Waals surface area contributed by atoms with Crippen molar-refractivity contribution in [3.63, 3.8) is 0 Å². The maximum atomic E-state index is 12.5. The zero-order valence-electron chi connectivity index (χ0n) is 10.5. The van der Waals surface area contributed by atoms with Crippen LogP contribution in [-0.4, -0.2) is 43.9 Å². The molecule has 0 saturated carbocycles. The third-order valence-electron chi connectivity index (χ3n) is 2.91. The van der Waals surface area contributed by atoms with Gasteiger partial charge in [-0.3, -0.25) is 16.0 Å². The topological polar surface area (TPSA) is 128 Å². The van der Waals surface area contributed by atoms with Crippen LogP contribution in [0, 0.1) is 10.1 Å². The Hall–Kier alpha value is -1.75. The highest BCUT2D eigenvalue weighted by atomic mass is 32.2. The SMILES string of the molecule is NNc1ccc([N+](=O)[O-])c(S(=O)(=O)N2CCOCC2)c1. The number of nitro benzene ring substituents is 1. The summed E-state index contributed by atoms with van der Waals surface area (Å²) in [6.07, 6.45) is 0. The van der Waals surface area contributed by atoms with Gasteiger partial charge in [-0.15, -0.1) is 0 Å². The number of nitrogen functional groups attached to an aromatic ring is 1. The molecule has 1 heterocycles. The van der Waals surface area contributed by atoms with Crippen LogP contribution < -0.4 is 11.3 Å². The first-order chi connectivity index (χ1) is 9.46. The molecule has 0 aliphatic carbocycles. The molecule has 1 aliphatic heterocycles. The lowest BCUT2D eigenvalue weighted by atomic mass is 10.3. The minimum Gasteiger partial charge on any atom is -0.379 e. The van der Waals surface area contributed by atoms with Gasteiger partial charge < -0.3 is 10.2 Å². The molecular formula is C10H14N4O5S. The first-order valence-electron chi connectivity index (χ1n) is 5.80. The molecule has 20 heavy (non-hydrogen) atoms. The molecule has 110 valence electrons. The number of anilines is 1. The van der Waals surface area contributed by atoms with Crippen molar-refractivity contribution < 1.29 is 18.1 Å². The normalized spacial score (nSPS) is 16.9. The van der Waals surface area contributed by atoms with E-state index in [4.69, 9.17) is 10.6 Å². The quantitative estimate of drug-likeness (QED) is 0.451. The summed E-state index contributed by atoms with van der Waals surface area (Å²) < 4.78 is 31.2. The van der Waals surface area contributed by atoms with Crippen LogP contribution in [0.2, 0.25) is 0 Å². The predicted molar refractivity (Wildman–Crippen MR) is 70.5 cm³/mol. The molecule has 1 saturated heterocycles. The number of hydrogen-bond acceptors (Lipinski definition) is 7. The number of sulfonamides is 1. The smallest absolute Gasteiger partial charge is 0.289 e. The lowest BCUT2D eigenvalue weighted by Crippen LogP contribution is -2.40. The summed E-state index contributed by atoms with van der Waals surface area (Å²) in [5.74, 6) is 5.22. The summed E-state index contributed by atoms with van der Waals surface area (Å²) in [6, 6.07) is 3.61. The molecule has 9 nitrogen and oxygen atoms in total. The van der Waals surface area contributed by atoms with Crippen molar-refractivity contribution in [2.75, 3.05) is 31.7 Å². The zero-order chi connectivity index (χ0) is 14.8. The molecule has 0 unspecified atom stereocenters. The third kappa shape index (κ3) is 2.72. The van der Waals surface area contributed by atoms with Crippen molar-refractivity contribution >= 4 is 21.4 Å². The van der Waals surface area contributed by atoms with Crippen LogP contribution in [0.15, 0.2) is 23.1 Å². The van der Waals surface area contributed by atoms with Gasteiger partial charge in [-0.2, -0.15) is 4.31 Å². The summed E-state index contributed by atoms with van der Waals surface area (Å²) in [6.45, 7) is 0.864. The molecule has 1 aliphatic rings. The largest absolute Gasteiger partial charge is 0.379 e. The van der Waals surface area contributed by atoms with E-state index in [1.807, 2.05) is 0 Å². The van der Waals surface area contributed by atoms with E-state index in [9.17, 15) is 18.5 Å². The Labute approximate surface area is 115 Å². The van der Waals surface area contributed by atoms with Crippen molar-refractivity contribution in [3.05, 3.63) is 28.3 Å². The van der Waals surface area contributed by atoms with E-state index in [1.165, 1.54) is 10.4 Å². The minimum atomic E-state index is -3.95. The number of hydrazine groups is 1. The summed E-state index contributed by atoms with van der Waals surface area (Å²) >= 11 is 0.